The fourth-order valence-electron chi connectivity index (χ4n) is 6.15. The normalized spacial score (nSPS) is 29.6. The number of fused-ring (bicyclic) bond motifs is 1. The molecule has 1 spiro atoms. The largest absolute Gasteiger partial charge is 0.370 e. The molecule has 198 valence electrons. The Morgan fingerprint density at radius 2 is 1.95 bits per heavy atom. The maximum absolute atomic E-state index is 13.5. The van der Waals surface area contributed by atoms with Crippen molar-refractivity contribution in [3.63, 3.8) is 0 Å². The monoisotopic (exact) mass is 521 g/mol. The van der Waals surface area contributed by atoms with Crippen molar-refractivity contribution in [1.29, 1.82) is 0 Å². The maximum Gasteiger partial charge on any atom is 0.343 e. The second-order valence-corrected chi connectivity index (χ2v) is 10.3. The highest BCUT2D eigenvalue weighted by molar-refractivity contribution is 6.07. The Hall–Kier alpha value is -4.23. The van der Waals surface area contributed by atoms with E-state index in [1.54, 1.807) is 12.1 Å². The minimum absolute atomic E-state index is 0.0398. The molecule has 0 aromatic heterocycles. The van der Waals surface area contributed by atoms with Crippen molar-refractivity contribution < 1.29 is 29.6 Å². The van der Waals surface area contributed by atoms with Crippen LogP contribution in [0.15, 0.2) is 41.4 Å². The fraction of sp³-hybridized carbons (Fsp3) is 0.400. The first-order valence-electron chi connectivity index (χ1n) is 12.4. The summed E-state index contributed by atoms with van der Waals surface area (Å²) >= 11 is 0. The zero-order valence-electron chi connectivity index (χ0n) is 20.6. The van der Waals surface area contributed by atoms with E-state index in [0.717, 1.165) is 21.2 Å². The molecule has 2 saturated heterocycles. The first kappa shape index (κ1) is 24.1. The van der Waals surface area contributed by atoms with Gasteiger partial charge in [-0.2, -0.15) is 0 Å². The molecule has 38 heavy (non-hydrogen) atoms. The summed E-state index contributed by atoms with van der Waals surface area (Å²) in [5.41, 5.74) is 12.0. The van der Waals surface area contributed by atoms with E-state index in [0.29, 0.717) is 5.56 Å². The van der Waals surface area contributed by atoms with Crippen LogP contribution in [0.5, 0.6) is 0 Å². The van der Waals surface area contributed by atoms with Gasteiger partial charge in [-0.25, -0.2) is 10.3 Å². The van der Waals surface area contributed by atoms with E-state index in [9.17, 15) is 24.6 Å². The van der Waals surface area contributed by atoms with Gasteiger partial charge in [0.2, 0.25) is 17.6 Å². The number of hydrogen-bond acceptors (Lipinski definition) is 10. The van der Waals surface area contributed by atoms with E-state index in [1.165, 1.54) is 4.90 Å². The van der Waals surface area contributed by atoms with Crippen molar-refractivity contribution in [2.24, 2.45) is 16.5 Å². The molecule has 4 aliphatic rings. The molecule has 2 fully saturated rings. The van der Waals surface area contributed by atoms with E-state index in [-0.39, 0.29) is 49.7 Å². The number of carbonyl (C=O) groups is 3. The number of rotatable bonds is 4. The molecule has 1 unspecified atom stereocenters. The molecule has 0 radical (unpaired) electrons. The molecule has 3 amide bonds. The Balaban J connectivity index is 1.33. The third-order valence-corrected chi connectivity index (χ3v) is 8.00. The van der Waals surface area contributed by atoms with Crippen LogP contribution in [0.3, 0.4) is 0 Å². The number of carbonyl (C=O) groups excluding carboxylic acids is 3. The van der Waals surface area contributed by atoms with Gasteiger partial charge in [0.05, 0.1) is 13.1 Å². The summed E-state index contributed by atoms with van der Waals surface area (Å²) in [6.45, 7) is 1.73. The lowest BCUT2D eigenvalue weighted by atomic mass is 9.84. The number of aliphatic hydroxyl groups is 2. The van der Waals surface area contributed by atoms with E-state index >= 15 is 0 Å². The molecule has 13 heteroatoms. The zero-order chi connectivity index (χ0) is 27.0. The Bertz CT molecular complexity index is 1440. The van der Waals surface area contributed by atoms with Gasteiger partial charge in [0.15, 0.2) is 12.0 Å². The highest BCUT2D eigenvalue weighted by Crippen LogP contribution is 2.41. The molecule has 0 aliphatic carbocycles. The smallest absolute Gasteiger partial charge is 0.343 e. The number of aliphatic imine (C=N–C) groups is 1. The molecule has 2 aromatic carbocycles. The molecular weight excluding hydrogens is 492 g/mol. The van der Waals surface area contributed by atoms with Gasteiger partial charge in [-0.3, -0.25) is 34.9 Å². The van der Waals surface area contributed by atoms with Crippen molar-refractivity contribution in [2.75, 3.05) is 13.1 Å². The minimum Gasteiger partial charge on any atom is -0.370 e. The molecule has 4 atom stereocenters. The number of nitrogens with two attached hydrogens (primary N) is 2. The molecule has 2 aromatic rings. The van der Waals surface area contributed by atoms with Crippen molar-refractivity contribution in [3.8, 4) is 0 Å². The first-order valence-corrected chi connectivity index (χ1v) is 12.4. The number of amides is 3. The minimum atomic E-state index is -2.60. The summed E-state index contributed by atoms with van der Waals surface area (Å²) in [6, 6.07) is 8.17. The lowest BCUT2D eigenvalue weighted by Gasteiger charge is -2.46. The average molecular weight is 522 g/mol. The van der Waals surface area contributed by atoms with Crippen LogP contribution in [0.1, 0.15) is 28.8 Å². The number of hydrogen-bond donors (Lipinski definition) is 7. The van der Waals surface area contributed by atoms with Gasteiger partial charge in [0.1, 0.15) is 12.1 Å². The van der Waals surface area contributed by atoms with Crippen LogP contribution in [0.2, 0.25) is 0 Å². The van der Waals surface area contributed by atoms with Crippen molar-refractivity contribution in [3.05, 3.63) is 47.5 Å². The van der Waals surface area contributed by atoms with Crippen molar-refractivity contribution >= 4 is 40.4 Å². The molecule has 9 N–H and O–H groups in total. The molecule has 6 rings (SSSR count). The molecule has 4 heterocycles. The number of guanidine groups is 2. The number of imide groups is 1. The topological polar surface area (TPSA) is 201 Å². The summed E-state index contributed by atoms with van der Waals surface area (Å²) in [7, 11) is 0. The zero-order valence-corrected chi connectivity index (χ0v) is 20.6. The van der Waals surface area contributed by atoms with E-state index in [1.807, 2.05) is 31.2 Å². The molecule has 4 aliphatic heterocycles. The molecular formula is C25H29N8O5+. The number of benzene rings is 2. The van der Waals surface area contributed by atoms with E-state index in [4.69, 9.17) is 11.5 Å². The van der Waals surface area contributed by atoms with Crippen LogP contribution in [0.4, 0.5) is 0 Å². The summed E-state index contributed by atoms with van der Waals surface area (Å²) in [5.74, 6) is -3.75. The Labute approximate surface area is 217 Å². The first-order chi connectivity index (χ1) is 18.0. The number of nitrogens with zero attached hydrogens (tertiary/aromatic N) is 3. The van der Waals surface area contributed by atoms with Crippen LogP contribution in [-0.2, 0) is 9.59 Å². The van der Waals surface area contributed by atoms with Crippen LogP contribution >= 0.6 is 0 Å². The van der Waals surface area contributed by atoms with Crippen LogP contribution in [-0.4, -0.2) is 92.3 Å². The predicted octanol–water partition coefficient (Wildman–Crippen LogP) is -3.85. The van der Waals surface area contributed by atoms with Crippen LogP contribution < -0.4 is 27.1 Å². The third-order valence-electron chi connectivity index (χ3n) is 8.00. The predicted molar refractivity (Wildman–Crippen MR) is 135 cm³/mol. The van der Waals surface area contributed by atoms with Gasteiger partial charge in [0.25, 0.3) is 11.6 Å². The Kier molecular flexibility index (Phi) is 5.16. The van der Waals surface area contributed by atoms with Gasteiger partial charge in [-0.1, -0.05) is 35.9 Å². The van der Waals surface area contributed by atoms with Crippen molar-refractivity contribution in [2.45, 2.75) is 49.3 Å². The second kappa shape index (κ2) is 8.13. The van der Waals surface area contributed by atoms with Gasteiger partial charge >= 0.3 is 5.96 Å². The highest BCUT2D eigenvalue weighted by Gasteiger charge is 2.76. The fourth-order valence-corrected chi connectivity index (χ4v) is 6.15. The quantitative estimate of drug-likeness (QED) is 0.155. The molecule has 13 nitrogen and oxygen atoms in total. The van der Waals surface area contributed by atoms with Crippen LogP contribution in [0.25, 0.3) is 10.8 Å². The summed E-state index contributed by atoms with van der Waals surface area (Å²) < 4.78 is 0. The SMILES string of the molecule is Cc1ccc2cccc(C(=O)NC3CN4C(N)=N[C@@H](CN5C(=O)CCC5=O)[C@@H]5[NH+]=C(N)N[C@@]54C3(O)O)c2c1. The Morgan fingerprint density at radius 3 is 2.68 bits per heavy atom. The van der Waals surface area contributed by atoms with Gasteiger partial charge < -0.3 is 21.3 Å². The van der Waals surface area contributed by atoms with E-state index in [2.05, 4.69) is 20.6 Å². The molecule has 0 saturated carbocycles. The summed E-state index contributed by atoms with van der Waals surface area (Å²) in [4.78, 5) is 48.0. The lowest BCUT2D eigenvalue weighted by Crippen LogP contribution is -2.90. The van der Waals surface area contributed by atoms with Gasteiger partial charge in [-0.05, 0) is 23.8 Å². The van der Waals surface area contributed by atoms with Crippen molar-refractivity contribution in [1.82, 2.24) is 20.4 Å². The Morgan fingerprint density at radius 1 is 1.21 bits per heavy atom. The number of aryl methyl sites for hydroxylation is 1. The average Bonchev–Trinajstić information content (AvgIpc) is 3.46. The lowest BCUT2D eigenvalue weighted by molar-refractivity contribution is -0.521. The maximum atomic E-state index is 13.5. The molecule has 0 bridgehead atoms. The summed E-state index contributed by atoms with van der Waals surface area (Å²) in [6.07, 6.45) is 0.219. The second-order valence-electron chi connectivity index (χ2n) is 10.3. The highest BCUT2D eigenvalue weighted by atomic mass is 16.5. The van der Waals surface area contributed by atoms with Crippen LogP contribution in [0, 0.1) is 6.92 Å². The standard InChI is InChI=1S/C25H28N8O5/c1-12-5-6-13-3-2-4-14(15(13)9-12)21(36)29-17-11-33-23(27)28-16(10-32-18(34)7-8-19(32)35)20-24(33,25(17,37)38)31-22(26)30-20/h2-6,9,16-17,20,37-38H,7-8,10-11H2,1H3,(H2,27,28)(H,29,36)(H3,26,30,31)/p+1/t16-,17?,20-,24-/m0/s1. The number of nitrogens with one attached hydrogen (secondary N) is 3. The van der Waals surface area contributed by atoms with E-state index < -0.39 is 35.5 Å². The third kappa shape index (κ3) is 3.28. The summed E-state index contributed by atoms with van der Waals surface area (Å²) in [5, 5.41) is 30.6. The number of likely N-dealkylation sites (tertiary alicyclic amines) is 1. The van der Waals surface area contributed by atoms with Gasteiger partial charge in [-0.15, -0.1) is 0 Å². The van der Waals surface area contributed by atoms with Gasteiger partial charge in [0, 0.05) is 18.4 Å².